The number of carboxylic acids is 1. The van der Waals surface area contributed by atoms with Crippen molar-refractivity contribution in [1.82, 2.24) is 4.57 Å². The van der Waals surface area contributed by atoms with Crippen molar-refractivity contribution in [3.05, 3.63) is 98.4 Å². The first kappa shape index (κ1) is 19.6. The van der Waals surface area contributed by atoms with Crippen LogP contribution in [0.5, 0.6) is 5.75 Å². The molecule has 1 aromatic heterocycles. The summed E-state index contributed by atoms with van der Waals surface area (Å²) >= 11 is 6.07. The Kier molecular flexibility index (Phi) is 5.75. The third-order valence-electron chi connectivity index (χ3n) is 4.02. The minimum Gasteiger partial charge on any atom is -0.487 e. The van der Waals surface area contributed by atoms with E-state index in [0.29, 0.717) is 5.56 Å². The SMILES string of the molecule is O=C(O)c1ccc(Cn2ccc(OCc3ccc(F)cc3F)c(Cl)c2=O)cc1. The van der Waals surface area contributed by atoms with Gasteiger partial charge in [0, 0.05) is 17.8 Å². The molecular weight excluding hydrogens is 392 g/mol. The molecule has 5 nitrogen and oxygen atoms in total. The number of aromatic carboxylic acids is 1. The highest BCUT2D eigenvalue weighted by Crippen LogP contribution is 2.22. The monoisotopic (exact) mass is 405 g/mol. The van der Waals surface area contributed by atoms with Gasteiger partial charge in [-0.15, -0.1) is 0 Å². The Labute approximate surface area is 163 Å². The Hall–Kier alpha value is -3.19. The molecule has 0 saturated carbocycles. The van der Waals surface area contributed by atoms with Crippen LogP contribution in [-0.2, 0) is 13.2 Å². The zero-order chi connectivity index (χ0) is 20.3. The van der Waals surface area contributed by atoms with Gasteiger partial charge in [0.15, 0.2) is 0 Å². The molecule has 1 N–H and O–H groups in total. The summed E-state index contributed by atoms with van der Waals surface area (Å²) in [6.07, 6.45) is 1.47. The van der Waals surface area contributed by atoms with Crippen molar-refractivity contribution in [2.75, 3.05) is 0 Å². The number of rotatable bonds is 6. The molecule has 0 atom stereocenters. The summed E-state index contributed by atoms with van der Waals surface area (Å²) in [5, 5.41) is 8.74. The zero-order valence-corrected chi connectivity index (χ0v) is 15.1. The van der Waals surface area contributed by atoms with Crippen LogP contribution in [0.1, 0.15) is 21.5 Å². The van der Waals surface area contributed by atoms with Crippen LogP contribution in [-0.4, -0.2) is 15.6 Å². The number of hydrogen-bond acceptors (Lipinski definition) is 3. The second-order valence-electron chi connectivity index (χ2n) is 5.95. The minimum atomic E-state index is -1.04. The summed E-state index contributed by atoms with van der Waals surface area (Å²) in [7, 11) is 0. The highest BCUT2D eigenvalue weighted by molar-refractivity contribution is 6.31. The van der Waals surface area contributed by atoms with E-state index in [1.807, 2.05) is 0 Å². The molecule has 0 radical (unpaired) electrons. The van der Waals surface area contributed by atoms with Crippen LogP contribution in [0.2, 0.25) is 5.02 Å². The summed E-state index contributed by atoms with van der Waals surface area (Å²) in [5.41, 5.74) is 0.470. The lowest BCUT2D eigenvalue weighted by Crippen LogP contribution is -2.21. The number of hydrogen-bond donors (Lipinski definition) is 1. The van der Waals surface area contributed by atoms with E-state index in [4.69, 9.17) is 21.4 Å². The number of halogens is 3. The van der Waals surface area contributed by atoms with Gasteiger partial charge in [-0.25, -0.2) is 13.6 Å². The second-order valence-corrected chi connectivity index (χ2v) is 6.33. The molecule has 144 valence electrons. The molecule has 0 aliphatic rings. The number of nitrogens with zero attached hydrogens (tertiary/aromatic N) is 1. The van der Waals surface area contributed by atoms with Crippen molar-refractivity contribution < 1.29 is 23.4 Å². The summed E-state index contributed by atoms with van der Waals surface area (Å²) in [6, 6.07) is 10.7. The molecule has 0 bridgehead atoms. The number of ether oxygens (including phenoxy) is 1. The van der Waals surface area contributed by atoms with Gasteiger partial charge in [-0.1, -0.05) is 23.7 Å². The first-order valence-electron chi connectivity index (χ1n) is 8.13. The van der Waals surface area contributed by atoms with Gasteiger partial charge in [-0.3, -0.25) is 4.79 Å². The van der Waals surface area contributed by atoms with Crippen LogP contribution >= 0.6 is 11.6 Å². The molecule has 3 aromatic rings. The maximum atomic E-state index is 13.7. The average molecular weight is 406 g/mol. The van der Waals surface area contributed by atoms with E-state index < -0.39 is 23.2 Å². The molecule has 1 heterocycles. The summed E-state index contributed by atoms with van der Waals surface area (Å²) in [5.74, 6) is -2.41. The van der Waals surface area contributed by atoms with Gasteiger partial charge >= 0.3 is 5.97 Å². The molecule has 0 spiro atoms. The lowest BCUT2D eigenvalue weighted by Gasteiger charge is -2.11. The first-order chi connectivity index (χ1) is 13.3. The van der Waals surface area contributed by atoms with Crippen molar-refractivity contribution in [3.63, 3.8) is 0 Å². The summed E-state index contributed by atoms with van der Waals surface area (Å²) in [6.45, 7) is -0.0305. The van der Waals surface area contributed by atoms with Gasteiger partial charge in [-0.05, 0) is 35.9 Å². The smallest absolute Gasteiger partial charge is 0.335 e. The predicted molar refractivity (Wildman–Crippen MR) is 98.9 cm³/mol. The zero-order valence-electron chi connectivity index (χ0n) is 14.4. The quantitative estimate of drug-likeness (QED) is 0.670. The third kappa shape index (κ3) is 4.37. The van der Waals surface area contributed by atoms with Crippen LogP contribution < -0.4 is 10.3 Å². The van der Waals surface area contributed by atoms with Gasteiger partial charge in [0.25, 0.3) is 5.56 Å². The fourth-order valence-corrected chi connectivity index (χ4v) is 2.74. The van der Waals surface area contributed by atoms with E-state index in [1.54, 1.807) is 12.1 Å². The van der Waals surface area contributed by atoms with Crippen LogP contribution in [0.25, 0.3) is 0 Å². The van der Waals surface area contributed by atoms with Crippen molar-refractivity contribution in [3.8, 4) is 5.75 Å². The molecule has 0 aliphatic carbocycles. The van der Waals surface area contributed by atoms with Crippen molar-refractivity contribution in [1.29, 1.82) is 0 Å². The number of carbonyl (C=O) groups is 1. The third-order valence-corrected chi connectivity index (χ3v) is 4.37. The van der Waals surface area contributed by atoms with E-state index in [2.05, 4.69) is 0 Å². The normalized spacial score (nSPS) is 10.7. The molecule has 0 amide bonds. The van der Waals surface area contributed by atoms with Crippen molar-refractivity contribution in [2.45, 2.75) is 13.2 Å². The second kappa shape index (κ2) is 8.22. The number of benzene rings is 2. The van der Waals surface area contributed by atoms with Gasteiger partial charge in [0.05, 0.1) is 12.1 Å². The largest absolute Gasteiger partial charge is 0.487 e. The van der Waals surface area contributed by atoms with Gasteiger partial charge < -0.3 is 14.4 Å². The highest BCUT2D eigenvalue weighted by Gasteiger charge is 2.12. The molecule has 0 unspecified atom stereocenters. The van der Waals surface area contributed by atoms with Gasteiger partial charge in [-0.2, -0.15) is 0 Å². The lowest BCUT2D eigenvalue weighted by atomic mass is 10.1. The van der Waals surface area contributed by atoms with E-state index in [9.17, 15) is 18.4 Å². The van der Waals surface area contributed by atoms with Crippen LogP contribution in [0.15, 0.2) is 59.5 Å². The van der Waals surface area contributed by atoms with E-state index >= 15 is 0 Å². The van der Waals surface area contributed by atoms with Crippen LogP contribution in [0, 0.1) is 11.6 Å². The van der Waals surface area contributed by atoms with Gasteiger partial charge in [0.1, 0.15) is 29.0 Å². The van der Waals surface area contributed by atoms with Crippen LogP contribution in [0.3, 0.4) is 0 Å². The summed E-state index contributed by atoms with van der Waals surface area (Å²) in [4.78, 5) is 23.3. The molecule has 8 heteroatoms. The number of carboxylic acid groups (broad SMARTS) is 1. The predicted octanol–water partition coefficient (Wildman–Crippen LogP) is 4.11. The molecule has 28 heavy (non-hydrogen) atoms. The summed E-state index contributed by atoms with van der Waals surface area (Å²) < 4.78 is 33.3. The standard InChI is InChI=1S/C20H14ClF2NO4/c21-18-17(28-11-14-5-6-15(22)9-16(14)23)7-8-24(19(18)25)10-12-1-3-13(4-2-12)20(26)27/h1-9H,10-11H2,(H,26,27). The van der Waals surface area contributed by atoms with Crippen molar-refractivity contribution in [2.24, 2.45) is 0 Å². The Morgan fingerprint density at radius 3 is 2.46 bits per heavy atom. The Bertz CT molecular complexity index is 1080. The Morgan fingerprint density at radius 1 is 1.11 bits per heavy atom. The molecule has 2 aromatic carbocycles. The molecule has 0 saturated heterocycles. The maximum absolute atomic E-state index is 13.7. The topological polar surface area (TPSA) is 68.5 Å². The van der Waals surface area contributed by atoms with E-state index in [-0.39, 0.29) is 35.1 Å². The highest BCUT2D eigenvalue weighted by atomic mass is 35.5. The molecule has 0 aliphatic heterocycles. The molecule has 3 rings (SSSR count). The van der Waals surface area contributed by atoms with Crippen molar-refractivity contribution >= 4 is 17.6 Å². The first-order valence-corrected chi connectivity index (χ1v) is 8.51. The fraction of sp³-hybridized carbons (Fsp3) is 0.100. The molecule has 0 fully saturated rings. The fourth-order valence-electron chi connectivity index (χ4n) is 2.51. The van der Waals surface area contributed by atoms with Crippen LogP contribution in [0.4, 0.5) is 8.78 Å². The minimum absolute atomic E-state index is 0.0767. The number of aromatic nitrogens is 1. The molecular formula is C20H14ClF2NO4. The average Bonchev–Trinajstić information content (AvgIpc) is 2.66. The van der Waals surface area contributed by atoms with Gasteiger partial charge in [0.2, 0.25) is 0 Å². The Morgan fingerprint density at radius 2 is 1.82 bits per heavy atom. The maximum Gasteiger partial charge on any atom is 0.335 e. The number of pyridine rings is 1. The van der Waals surface area contributed by atoms with E-state index in [0.717, 1.165) is 12.1 Å². The van der Waals surface area contributed by atoms with E-state index in [1.165, 1.54) is 35.0 Å². The lowest BCUT2D eigenvalue weighted by molar-refractivity contribution is 0.0697. The Balaban J connectivity index is 1.75.